The van der Waals surface area contributed by atoms with E-state index in [1.807, 2.05) is 0 Å². The van der Waals surface area contributed by atoms with Gasteiger partial charge in [0.2, 0.25) is 0 Å². The maximum absolute atomic E-state index is 13.2. The van der Waals surface area contributed by atoms with Crippen LogP contribution in [-0.2, 0) is 9.59 Å². The van der Waals surface area contributed by atoms with Crippen molar-refractivity contribution in [3.8, 4) is 5.75 Å². The molecule has 0 aromatic heterocycles. The average Bonchev–Trinajstić information content (AvgIpc) is 3.00. The van der Waals surface area contributed by atoms with E-state index < -0.39 is 23.6 Å². The third-order valence-corrected chi connectivity index (χ3v) is 5.62. The lowest BCUT2D eigenvalue weighted by molar-refractivity contribution is -0.120. The van der Waals surface area contributed by atoms with Crippen LogP contribution in [0, 0.1) is 12.7 Å². The molecule has 4 rings (SSSR count). The minimum Gasteiger partial charge on any atom is -0.423 e. The summed E-state index contributed by atoms with van der Waals surface area (Å²) < 4.78 is 18.5. The number of amides is 2. The number of carbonyl (C=O) groups is 3. The summed E-state index contributed by atoms with van der Waals surface area (Å²) in [7, 11) is 0. The summed E-state index contributed by atoms with van der Waals surface area (Å²) in [6.45, 7) is 1.80. The Labute approximate surface area is 198 Å². The molecule has 1 aliphatic heterocycles. The average molecular weight is 485 g/mol. The van der Waals surface area contributed by atoms with E-state index in [0.717, 1.165) is 22.6 Å². The third-order valence-electron chi connectivity index (χ3n) is 4.84. The van der Waals surface area contributed by atoms with E-state index in [1.165, 1.54) is 24.3 Å². The molecule has 9 heteroatoms. The molecule has 0 bridgehead atoms. The van der Waals surface area contributed by atoms with Gasteiger partial charge in [0.05, 0.1) is 11.3 Å². The summed E-state index contributed by atoms with van der Waals surface area (Å²) in [5.41, 5.74) is 1.53. The normalized spacial score (nSPS) is 13.5. The second-order valence-corrected chi connectivity index (χ2v) is 7.90. The molecule has 0 saturated carbocycles. The van der Waals surface area contributed by atoms with Gasteiger partial charge in [-0.05, 0) is 79.2 Å². The number of anilines is 2. The number of benzene rings is 3. The maximum atomic E-state index is 13.2. The molecule has 1 heterocycles. The highest BCUT2D eigenvalue weighted by Gasteiger charge is 2.38. The predicted octanol–water partition coefficient (Wildman–Crippen LogP) is 5.44. The van der Waals surface area contributed by atoms with Crippen LogP contribution < -0.4 is 15.0 Å². The molecule has 0 atom stereocenters. The second-order valence-electron chi connectivity index (χ2n) is 7.11. The topological polar surface area (TPSA) is 75.7 Å². The van der Waals surface area contributed by atoms with Crippen LogP contribution in [0.5, 0.6) is 5.75 Å². The van der Waals surface area contributed by atoms with Gasteiger partial charge in [0.15, 0.2) is 0 Å². The monoisotopic (exact) mass is 484 g/mol. The molecule has 2 amide bonds. The standard InChI is InChI=1S/C24H15Cl2FN2O4/c1-13-12-18(10-11-19(13)25)33-24(32)14-2-6-16(7-3-14)28-21-20(26)22(30)29(23(21)31)17-8-4-15(27)5-9-17/h2-12,28H,1H3. The van der Waals surface area contributed by atoms with Crippen LogP contribution in [0.3, 0.4) is 0 Å². The Balaban J connectivity index is 1.47. The molecule has 1 aliphatic rings. The van der Waals surface area contributed by atoms with Gasteiger partial charge in [0.25, 0.3) is 11.8 Å². The molecule has 1 N–H and O–H groups in total. The first-order chi connectivity index (χ1) is 15.7. The quantitative estimate of drug-likeness (QED) is 0.296. The van der Waals surface area contributed by atoms with Crippen molar-refractivity contribution in [2.24, 2.45) is 0 Å². The van der Waals surface area contributed by atoms with Crippen LogP contribution in [-0.4, -0.2) is 17.8 Å². The van der Waals surface area contributed by atoms with E-state index in [4.69, 9.17) is 27.9 Å². The molecule has 0 radical (unpaired) electrons. The molecule has 0 aliphatic carbocycles. The molecule has 6 nitrogen and oxygen atoms in total. The maximum Gasteiger partial charge on any atom is 0.343 e. The van der Waals surface area contributed by atoms with Crippen molar-refractivity contribution >= 4 is 52.4 Å². The second kappa shape index (κ2) is 9.05. The Hall–Kier alpha value is -3.68. The molecular weight excluding hydrogens is 470 g/mol. The lowest BCUT2D eigenvalue weighted by atomic mass is 10.2. The first-order valence-corrected chi connectivity index (χ1v) is 10.4. The molecule has 3 aromatic carbocycles. The predicted molar refractivity (Wildman–Crippen MR) is 123 cm³/mol. The van der Waals surface area contributed by atoms with E-state index >= 15 is 0 Å². The number of esters is 1. The number of nitrogens with one attached hydrogen (secondary N) is 1. The van der Waals surface area contributed by atoms with Crippen LogP contribution in [0.15, 0.2) is 77.5 Å². The van der Waals surface area contributed by atoms with Crippen molar-refractivity contribution in [1.29, 1.82) is 0 Å². The van der Waals surface area contributed by atoms with Gasteiger partial charge >= 0.3 is 5.97 Å². The lowest BCUT2D eigenvalue weighted by Crippen LogP contribution is -2.32. The molecule has 0 unspecified atom stereocenters. The number of nitrogens with zero attached hydrogens (tertiary/aromatic N) is 1. The smallest absolute Gasteiger partial charge is 0.343 e. The van der Waals surface area contributed by atoms with Crippen LogP contribution in [0.25, 0.3) is 0 Å². The fraction of sp³-hybridized carbons (Fsp3) is 0.0417. The number of halogens is 3. The highest BCUT2D eigenvalue weighted by molar-refractivity contribution is 6.53. The number of ether oxygens (including phenoxy) is 1. The van der Waals surface area contributed by atoms with Gasteiger partial charge in [-0.2, -0.15) is 0 Å². The summed E-state index contributed by atoms with van der Waals surface area (Å²) in [4.78, 5) is 38.5. The SMILES string of the molecule is Cc1cc(OC(=O)c2ccc(NC3=C(Cl)C(=O)N(c4ccc(F)cc4)C3=O)cc2)ccc1Cl. The zero-order valence-corrected chi connectivity index (χ0v) is 18.6. The van der Waals surface area contributed by atoms with E-state index in [1.54, 1.807) is 37.3 Å². The highest BCUT2D eigenvalue weighted by Crippen LogP contribution is 2.30. The third kappa shape index (κ3) is 4.60. The minimum atomic E-state index is -0.728. The van der Waals surface area contributed by atoms with Gasteiger partial charge in [-0.15, -0.1) is 0 Å². The van der Waals surface area contributed by atoms with Gasteiger partial charge in [-0.25, -0.2) is 14.1 Å². The molecule has 3 aromatic rings. The van der Waals surface area contributed by atoms with Crippen molar-refractivity contribution in [1.82, 2.24) is 0 Å². The minimum absolute atomic E-state index is 0.127. The Bertz CT molecular complexity index is 1310. The van der Waals surface area contributed by atoms with E-state index in [9.17, 15) is 18.8 Å². The fourth-order valence-corrected chi connectivity index (χ4v) is 3.45. The number of carbonyl (C=O) groups excluding carboxylic acids is 3. The first-order valence-electron chi connectivity index (χ1n) is 9.64. The Morgan fingerprint density at radius 1 is 0.939 bits per heavy atom. The molecular formula is C24H15Cl2FN2O4. The number of imide groups is 1. The van der Waals surface area contributed by atoms with Gasteiger partial charge in [0.1, 0.15) is 22.3 Å². The van der Waals surface area contributed by atoms with Gasteiger partial charge < -0.3 is 10.1 Å². The van der Waals surface area contributed by atoms with Crippen LogP contribution >= 0.6 is 23.2 Å². The van der Waals surface area contributed by atoms with E-state index in [-0.39, 0.29) is 22.0 Å². The van der Waals surface area contributed by atoms with Crippen molar-refractivity contribution in [3.05, 3.63) is 99.4 Å². The van der Waals surface area contributed by atoms with Crippen molar-refractivity contribution < 1.29 is 23.5 Å². The first kappa shape index (κ1) is 22.5. The van der Waals surface area contributed by atoms with Crippen LogP contribution in [0.1, 0.15) is 15.9 Å². The Morgan fingerprint density at radius 2 is 1.61 bits per heavy atom. The molecule has 33 heavy (non-hydrogen) atoms. The van der Waals surface area contributed by atoms with Crippen molar-refractivity contribution in [2.75, 3.05) is 10.2 Å². The van der Waals surface area contributed by atoms with Crippen LogP contribution in [0.2, 0.25) is 5.02 Å². The lowest BCUT2D eigenvalue weighted by Gasteiger charge is -2.15. The summed E-state index contributed by atoms with van der Waals surface area (Å²) in [5.74, 6) is -2.13. The van der Waals surface area contributed by atoms with Crippen LogP contribution in [0.4, 0.5) is 15.8 Å². The Morgan fingerprint density at radius 3 is 2.24 bits per heavy atom. The summed E-state index contributed by atoms with van der Waals surface area (Å²) >= 11 is 12.1. The fourth-order valence-electron chi connectivity index (χ4n) is 3.12. The largest absolute Gasteiger partial charge is 0.423 e. The molecule has 0 fully saturated rings. The van der Waals surface area contributed by atoms with Gasteiger partial charge in [-0.1, -0.05) is 23.2 Å². The summed E-state index contributed by atoms with van der Waals surface area (Å²) in [6, 6.07) is 15.9. The highest BCUT2D eigenvalue weighted by atomic mass is 35.5. The molecule has 166 valence electrons. The molecule has 0 saturated heterocycles. The number of aryl methyl sites for hydroxylation is 1. The zero-order valence-electron chi connectivity index (χ0n) is 17.1. The zero-order chi connectivity index (χ0) is 23.7. The van der Waals surface area contributed by atoms with Gasteiger partial charge in [0, 0.05) is 10.7 Å². The number of hydrogen-bond donors (Lipinski definition) is 1. The molecule has 0 spiro atoms. The van der Waals surface area contributed by atoms with E-state index in [0.29, 0.717) is 16.5 Å². The van der Waals surface area contributed by atoms with Crippen molar-refractivity contribution in [3.63, 3.8) is 0 Å². The Kier molecular flexibility index (Phi) is 6.18. The summed E-state index contributed by atoms with van der Waals surface area (Å²) in [5, 5.41) is 3.07. The number of rotatable bonds is 5. The summed E-state index contributed by atoms with van der Waals surface area (Å²) in [6.07, 6.45) is 0. The van der Waals surface area contributed by atoms with Gasteiger partial charge in [-0.3, -0.25) is 9.59 Å². The number of hydrogen-bond acceptors (Lipinski definition) is 5. The van der Waals surface area contributed by atoms with E-state index in [2.05, 4.69) is 5.32 Å². The van der Waals surface area contributed by atoms with Crippen molar-refractivity contribution in [2.45, 2.75) is 6.92 Å².